The molecule has 1 aliphatic rings. The van der Waals surface area contributed by atoms with Gasteiger partial charge in [-0.2, -0.15) is 8.42 Å². The van der Waals surface area contributed by atoms with Crippen molar-refractivity contribution < 1.29 is 13.2 Å². The van der Waals surface area contributed by atoms with Gasteiger partial charge in [-0.05, 0) is 31.2 Å². The Morgan fingerprint density at radius 2 is 1.82 bits per heavy atom. The summed E-state index contributed by atoms with van der Waals surface area (Å²) >= 11 is 1.30. The molecule has 3 heterocycles. The lowest BCUT2D eigenvalue weighted by atomic mass is 10.2. The normalized spacial score (nSPS) is 14.9. The number of carbonyl (C=O) groups is 1. The van der Waals surface area contributed by atoms with Crippen molar-refractivity contribution in [2.75, 3.05) is 28.7 Å². The van der Waals surface area contributed by atoms with Crippen LogP contribution in [-0.4, -0.2) is 44.0 Å². The lowest BCUT2D eigenvalue weighted by molar-refractivity contribution is 0.0958. The fourth-order valence-electron chi connectivity index (χ4n) is 3.09. The third kappa shape index (κ3) is 3.04. The van der Waals surface area contributed by atoms with Gasteiger partial charge in [0.15, 0.2) is 5.13 Å². The van der Waals surface area contributed by atoms with Crippen LogP contribution < -0.4 is 13.9 Å². The maximum atomic E-state index is 12.6. The Morgan fingerprint density at radius 1 is 1.14 bits per heavy atom. The molecule has 0 unspecified atom stereocenters. The number of nitrogens with one attached hydrogen (secondary N) is 1. The standard InChI is InChI=1S/C18H19N5O3S2/c1-13-16(27-18(20-13)22-10-5-6-11-22)17(24)19-9-12-23-15-8-4-3-7-14(15)21(2)28(23,25)26/h3-8,10-11H,9,12H2,1-2H3,(H,19,24). The quantitative estimate of drug-likeness (QED) is 0.689. The van der Waals surface area contributed by atoms with Gasteiger partial charge in [0, 0.05) is 26.0 Å². The summed E-state index contributed by atoms with van der Waals surface area (Å²) in [6.45, 7) is 2.13. The van der Waals surface area contributed by atoms with Crippen LogP contribution in [0.4, 0.5) is 11.4 Å². The van der Waals surface area contributed by atoms with Gasteiger partial charge in [-0.15, -0.1) is 0 Å². The Hall–Kier alpha value is -2.85. The third-order valence-corrected chi connectivity index (χ3v) is 7.53. The maximum Gasteiger partial charge on any atom is 0.326 e. The zero-order chi connectivity index (χ0) is 19.9. The second-order valence-corrected chi connectivity index (χ2v) is 9.15. The van der Waals surface area contributed by atoms with Gasteiger partial charge in [-0.1, -0.05) is 23.5 Å². The molecule has 2 aromatic heterocycles. The monoisotopic (exact) mass is 417 g/mol. The Kier molecular flexibility index (Phi) is 4.60. The summed E-state index contributed by atoms with van der Waals surface area (Å²) in [5, 5.41) is 3.52. The SMILES string of the molecule is Cc1nc(-n2cccc2)sc1C(=O)NCCN1c2ccccc2N(C)S1(=O)=O. The van der Waals surface area contributed by atoms with Crippen molar-refractivity contribution in [2.24, 2.45) is 0 Å². The molecule has 0 radical (unpaired) electrons. The number of thiazole rings is 1. The Balaban J connectivity index is 1.45. The highest BCUT2D eigenvalue weighted by molar-refractivity contribution is 7.94. The molecule has 0 saturated heterocycles. The molecule has 0 aliphatic carbocycles. The summed E-state index contributed by atoms with van der Waals surface area (Å²) < 4.78 is 29.6. The molecule has 0 atom stereocenters. The van der Waals surface area contributed by atoms with E-state index in [9.17, 15) is 13.2 Å². The largest absolute Gasteiger partial charge is 0.349 e. The van der Waals surface area contributed by atoms with Crippen molar-refractivity contribution in [3.8, 4) is 5.13 Å². The number of aromatic nitrogens is 2. The first kappa shape index (κ1) is 18.5. The van der Waals surface area contributed by atoms with E-state index in [-0.39, 0.29) is 19.0 Å². The topological polar surface area (TPSA) is 87.5 Å². The summed E-state index contributed by atoms with van der Waals surface area (Å²) in [4.78, 5) is 17.5. The maximum absolute atomic E-state index is 12.6. The predicted octanol–water partition coefficient (Wildman–Crippen LogP) is 2.17. The number of fused-ring (bicyclic) bond motifs is 1. The van der Waals surface area contributed by atoms with Crippen LogP contribution in [0.1, 0.15) is 15.4 Å². The summed E-state index contributed by atoms with van der Waals surface area (Å²) in [5.74, 6) is -0.258. The first-order valence-corrected chi connectivity index (χ1v) is 10.9. The van der Waals surface area contributed by atoms with E-state index in [0.29, 0.717) is 27.1 Å². The van der Waals surface area contributed by atoms with Crippen molar-refractivity contribution >= 4 is 38.8 Å². The Labute approximate surface area is 167 Å². The van der Waals surface area contributed by atoms with Crippen molar-refractivity contribution in [3.05, 3.63) is 59.4 Å². The van der Waals surface area contributed by atoms with Crippen molar-refractivity contribution in [1.82, 2.24) is 14.9 Å². The Bertz CT molecular complexity index is 1120. The molecule has 0 saturated carbocycles. The highest BCUT2D eigenvalue weighted by atomic mass is 32.2. The number of nitrogens with zero attached hydrogens (tertiary/aromatic N) is 4. The fraction of sp³-hybridized carbons (Fsp3) is 0.222. The molecule has 3 aromatic rings. The van der Waals surface area contributed by atoms with Gasteiger partial charge >= 0.3 is 10.2 Å². The minimum atomic E-state index is -3.62. The number of amides is 1. The molecule has 0 bridgehead atoms. The molecule has 146 valence electrons. The van der Waals surface area contributed by atoms with E-state index in [2.05, 4.69) is 10.3 Å². The number of benzene rings is 1. The molecule has 1 aliphatic heterocycles. The smallest absolute Gasteiger partial charge is 0.326 e. The van der Waals surface area contributed by atoms with Gasteiger partial charge in [-0.25, -0.2) is 9.29 Å². The zero-order valence-electron chi connectivity index (χ0n) is 15.4. The van der Waals surface area contributed by atoms with Crippen LogP contribution in [0.15, 0.2) is 48.8 Å². The molecular weight excluding hydrogens is 398 g/mol. The van der Waals surface area contributed by atoms with Gasteiger partial charge in [0.05, 0.1) is 23.6 Å². The number of aryl methyl sites for hydroxylation is 1. The molecule has 28 heavy (non-hydrogen) atoms. The summed E-state index contributed by atoms with van der Waals surface area (Å²) in [5.41, 5.74) is 1.89. The lowest BCUT2D eigenvalue weighted by Crippen LogP contribution is -2.40. The van der Waals surface area contributed by atoms with E-state index in [1.807, 2.05) is 29.1 Å². The first-order valence-electron chi connectivity index (χ1n) is 8.64. The average molecular weight is 418 g/mol. The molecule has 8 nitrogen and oxygen atoms in total. The molecule has 4 rings (SSSR count). The number of hydrogen-bond donors (Lipinski definition) is 1. The summed E-state index contributed by atoms with van der Waals surface area (Å²) in [6, 6.07) is 10.9. The summed E-state index contributed by atoms with van der Waals surface area (Å²) in [6.07, 6.45) is 3.73. The average Bonchev–Trinajstić information content (AvgIpc) is 3.37. The van der Waals surface area contributed by atoms with E-state index in [1.165, 1.54) is 27.0 Å². The Morgan fingerprint density at radius 3 is 2.54 bits per heavy atom. The van der Waals surface area contributed by atoms with Gasteiger partial charge in [0.1, 0.15) is 4.88 Å². The first-order chi connectivity index (χ1) is 13.4. The van der Waals surface area contributed by atoms with Crippen molar-refractivity contribution in [1.29, 1.82) is 0 Å². The van der Waals surface area contributed by atoms with Crippen LogP contribution in [0.2, 0.25) is 0 Å². The number of hydrogen-bond acceptors (Lipinski definition) is 5. The molecule has 0 fully saturated rings. The fourth-order valence-corrected chi connectivity index (χ4v) is 5.46. The predicted molar refractivity (Wildman–Crippen MR) is 110 cm³/mol. The molecule has 0 spiro atoms. The molecule has 1 N–H and O–H groups in total. The van der Waals surface area contributed by atoms with Crippen LogP contribution in [0.3, 0.4) is 0 Å². The molecule has 1 aromatic carbocycles. The van der Waals surface area contributed by atoms with E-state index in [1.54, 1.807) is 31.2 Å². The lowest BCUT2D eigenvalue weighted by Gasteiger charge is -2.19. The van der Waals surface area contributed by atoms with Gasteiger partial charge in [0.25, 0.3) is 5.91 Å². The summed E-state index contributed by atoms with van der Waals surface area (Å²) in [7, 11) is -2.09. The highest BCUT2D eigenvalue weighted by Crippen LogP contribution is 2.39. The van der Waals surface area contributed by atoms with E-state index in [4.69, 9.17) is 0 Å². The number of carbonyl (C=O) groups excluding carboxylic acids is 1. The minimum Gasteiger partial charge on any atom is -0.349 e. The third-order valence-electron chi connectivity index (χ3n) is 4.53. The zero-order valence-corrected chi connectivity index (χ0v) is 17.0. The van der Waals surface area contributed by atoms with Crippen LogP contribution in [0.5, 0.6) is 0 Å². The van der Waals surface area contributed by atoms with Crippen LogP contribution in [0.25, 0.3) is 5.13 Å². The molecule has 10 heteroatoms. The van der Waals surface area contributed by atoms with Gasteiger partial charge in [0.2, 0.25) is 0 Å². The second kappa shape index (κ2) is 6.95. The number of anilines is 2. The molecule has 1 amide bonds. The second-order valence-electron chi connectivity index (χ2n) is 6.29. The number of para-hydroxylation sites is 2. The van der Waals surface area contributed by atoms with E-state index in [0.717, 1.165) is 0 Å². The van der Waals surface area contributed by atoms with Gasteiger partial charge in [-0.3, -0.25) is 9.10 Å². The van der Waals surface area contributed by atoms with Crippen LogP contribution in [-0.2, 0) is 10.2 Å². The van der Waals surface area contributed by atoms with E-state index < -0.39 is 10.2 Å². The van der Waals surface area contributed by atoms with E-state index >= 15 is 0 Å². The van der Waals surface area contributed by atoms with Crippen LogP contribution >= 0.6 is 11.3 Å². The van der Waals surface area contributed by atoms with Crippen molar-refractivity contribution in [2.45, 2.75) is 6.92 Å². The van der Waals surface area contributed by atoms with Crippen molar-refractivity contribution in [3.63, 3.8) is 0 Å². The van der Waals surface area contributed by atoms with Gasteiger partial charge < -0.3 is 9.88 Å². The minimum absolute atomic E-state index is 0.151. The molecular formula is C18H19N5O3S2. The highest BCUT2D eigenvalue weighted by Gasteiger charge is 2.37. The van der Waals surface area contributed by atoms with Crippen LogP contribution in [0, 0.1) is 6.92 Å². The number of rotatable bonds is 5.